The molecule has 3 saturated carbocycles. The van der Waals surface area contributed by atoms with E-state index in [2.05, 4.69) is 54.2 Å². The minimum Gasteiger partial charge on any atom is -0.392 e. The molecule has 0 aliphatic heterocycles. The Morgan fingerprint density at radius 1 is 1.11 bits per heavy atom. The molecule has 0 radical (unpaired) electrons. The maximum atomic E-state index is 9.48. The molecule has 4 aliphatic carbocycles. The summed E-state index contributed by atoms with van der Waals surface area (Å²) in [5.74, 6) is 6.42. The first-order valence-corrected chi connectivity index (χ1v) is 15.0. The summed E-state index contributed by atoms with van der Waals surface area (Å²) in [7, 11) is 1.91. The molecule has 4 rings (SSSR count). The maximum Gasteiger partial charge on any atom is 0.147 e. The van der Waals surface area contributed by atoms with E-state index in [1.54, 1.807) is 5.57 Å². The van der Waals surface area contributed by atoms with Crippen LogP contribution in [0.4, 0.5) is 0 Å². The van der Waals surface area contributed by atoms with Gasteiger partial charge < -0.3 is 9.84 Å². The van der Waals surface area contributed by atoms with Crippen molar-refractivity contribution in [1.29, 1.82) is 0 Å². The van der Waals surface area contributed by atoms with Crippen molar-refractivity contribution in [2.24, 2.45) is 52.3 Å². The van der Waals surface area contributed by atoms with Crippen LogP contribution in [0.3, 0.4) is 0 Å². The van der Waals surface area contributed by atoms with Gasteiger partial charge in [-0.15, -0.1) is 0 Å². The standard InChI is InChI=1S/C29H50O.C4H6O2/c1-19(2)20(3)8-9-21(4)25-12-13-26-24-11-10-22-18-23(30-7)14-16-28(22,5)27(24)15-17-29(25,26)6;1-4(2-5)3-6/h10,19-21,23-27H,8-9,11-18H2,1-7H3;2,6H,1,3H2/t20?,21-,23?,24?,25?,26?,27?,28?,29?;/m1./s1. The Bertz CT molecular complexity index is 784. The number of fused-ring (bicyclic) bond motifs is 5. The highest BCUT2D eigenvalue weighted by Gasteiger charge is 2.59. The van der Waals surface area contributed by atoms with E-state index < -0.39 is 0 Å². The number of aliphatic hydroxyl groups is 1. The van der Waals surface area contributed by atoms with E-state index >= 15 is 0 Å². The molecule has 0 saturated heterocycles. The Morgan fingerprint density at radius 2 is 1.83 bits per heavy atom. The summed E-state index contributed by atoms with van der Waals surface area (Å²) >= 11 is 0. The molecule has 3 heteroatoms. The van der Waals surface area contributed by atoms with Crippen LogP contribution >= 0.6 is 0 Å². The third-order valence-corrected chi connectivity index (χ3v) is 11.7. The molecule has 1 N–H and O–H groups in total. The normalized spacial score (nSPS) is 39.0. The van der Waals surface area contributed by atoms with Gasteiger partial charge in [0.1, 0.15) is 6.29 Å². The molecule has 0 bridgehead atoms. The highest BCUT2D eigenvalue weighted by atomic mass is 16.5. The Morgan fingerprint density at radius 3 is 2.42 bits per heavy atom. The van der Waals surface area contributed by atoms with Gasteiger partial charge in [0.2, 0.25) is 0 Å². The summed E-state index contributed by atoms with van der Waals surface area (Å²) in [6, 6.07) is 0. The molecule has 3 nitrogen and oxygen atoms in total. The summed E-state index contributed by atoms with van der Waals surface area (Å²) in [4.78, 5) is 9.48. The highest BCUT2D eigenvalue weighted by Crippen LogP contribution is 2.67. The topological polar surface area (TPSA) is 46.5 Å². The van der Waals surface area contributed by atoms with Gasteiger partial charge in [-0.2, -0.15) is 0 Å². The van der Waals surface area contributed by atoms with Gasteiger partial charge in [0.15, 0.2) is 0 Å². The van der Waals surface area contributed by atoms with Gasteiger partial charge in [0.25, 0.3) is 0 Å². The fraction of sp³-hybridized carbons (Fsp3) is 0.848. The van der Waals surface area contributed by atoms with Crippen molar-refractivity contribution in [3.63, 3.8) is 0 Å². The molecule has 0 amide bonds. The number of hydrogen-bond donors (Lipinski definition) is 1. The van der Waals surface area contributed by atoms with Gasteiger partial charge in [0.05, 0.1) is 12.7 Å². The van der Waals surface area contributed by atoms with E-state index in [-0.39, 0.29) is 12.2 Å². The van der Waals surface area contributed by atoms with Crippen LogP contribution in [-0.2, 0) is 9.53 Å². The number of ether oxygens (including phenoxy) is 1. The number of allylic oxidation sites excluding steroid dienone is 1. The van der Waals surface area contributed by atoms with Crippen LogP contribution in [0.25, 0.3) is 0 Å². The molecule has 0 aromatic rings. The average molecular weight is 501 g/mol. The summed E-state index contributed by atoms with van der Waals surface area (Å²) in [6.45, 7) is 18.2. The minimum absolute atomic E-state index is 0.218. The van der Waals surface area contributed by atoms with E-state index in [1.165, 1.54) is 64.2 Å². The second kappa shape index (κ2) is 12.3. The molecule has 0 heterocycles. The Kier molecular flexibility index (Phi) is 10.1. The third kappa shape index (κ3) is 5.88. The molecule has 3 fully saturated rings. The van der Waals surface area contributed by atoms with Crippen LogP contribution < -0.4 is 0 Å². The number of aldehydes is 1. The fourth-order valence-electron chi connectivity index (χ4n) is 8.90. The Balaban J connectivity index is 0.000000538. The van der Waals surface area contributed by atoms with Crippen LogP contribution in [0.1, 0.15) is 106 Å². The second-order valence-electron chi connectivity index (χ2n) is 13.8. The lowest BCUT2D eigenvalue weighted by Gasteiger charge is -2.58. The molecular weight excluding hydrogens is 444 g/mol. The predicted molar refractivity (Wildman–Crippen MR) is 151 cm³/mol. The van der Waals surface area contributed by atoms with Crippen molar-refractivity contribution >= 4 is 6.29 Å². The number of methoxy groups -OCH3 is 1. The molecule has 9 atom stereocenters. The van der Waals surface area contributed by atoms with Crippen molar-refractivity contribution in [2.45, 2.75) is 112 Å². The quantitative estimate of drug-likeness (QED) is 0.208. The SMILES string of the molecule is C=C(C=O)CO.COC1CCC2(C)C(=CCC3C2CCC2(C)C3CCC2[C@H](C)CCC(C)C(C)C)C1. The van der Waals surface area contributed by atoms with Crippen LogP contribution in [-0.4, -0.2) is 31.2 Å². The van der Waals surface area contributed by atoms with Gasteiger partial charge in [-0.3, -0.25) is 4.79 Å². The van der Waals surface area contributed by atoms with Crippen molar-refractivity contribution < 1.29 is 14.6 Å². The van der Waals surface area contributed by atoms with Crippen molar-refractivity contribution in [2.75, 3.05) is 13.7 Å². The van der Waals surface area contributed by atoms with Gasteiger partial charge in [-0.1, -0.05) is 72.6 Å². The molecule has 4 aliphatic rings. The summed E-state index contributed by atoms with van der Waals surface area (Å²) in [6.07, 6.45) is 17.7. The van der Waals surface area contributed by atoms with E-state index in [1.807, 2.05) is 7.11 Å². The zero-order valence-corrected chi connectivity index (χ0v) is 24.5. The summed E-state index contributed by atoms with van der Waals surface area (Å²) in [5.41, 5.74) is 3.05. The molecule has 0 spiro atoms. The number of aliphatic hydroxyl groups excluding tert-OH is 1. The van der Waals surface area contributed by atoms with Gasteiger partial charge >= 0.3 is 0 Å². The first-order chi connectivity index (χ1) is 17.0. The first-order valence-electron chi connectivity index (χ1n) is 15.0. The molecular formula is C33H56O3. The van der Waals surface area contributed by atoms with Crippen molar-refractivity contribution in [3.8, 4) is 0 Å². The molecule has 206 valence electrons. The van der Waals surface area contributed by atoms with Crippen LogP contribution in [0, 0.1) is 52.3 Å². The maximum absolute atomic E-state index is 9.48. The van der Waals surface area contributed by atoms with Crippen molar-refractivity contribution in [3.05, 3.63) is 23.8 Å². The number of rotatable bonds is 8. The van der Waals surface area contributed by atoms with E-state index in [4.69, 9.17) is 9.84 Å². The predicted octanol–water partition coefficient (Wildman–Crippen LogP) is 8.02. The molecule has 0 aromatic carbocycles. The minimum atomic E-state index is -0.233. The first kappa shape index (κ1) is 29.6. The highest BCUT2D eigenvalue weighted by molar-refractivity contribution is 5.72. The van der Waals surface area contributed by atoms with Gasteiger partial charge in [0, 0.05) is 12.7 Å². The summed E-state index contributed by atoms with van der Waals surface area (Å²) in [5, 5.41) is 8.00. The lowest BCUT2D eigenvalue weighted by molar-refractivity contribution is -0.105. The van der Waals surface area contributed by atoms with E-state index in [9.17, 15) is 4.79 Å². The second-order valence-corrected chi connectivity index (χ2v) is 13.8. The zero-order valence-electron chi connectivity index (χ0n) is 24.5. The van der Waals surface area contributed by atoms with Crippen molar-refractivity contribution in [1.82, 2.24) is 0 Å². The monoisotopic (exact) mass is 500 g/mol. The zero-order chi connectivity index (χ0) is 26.7. The lowest BCUT2D eigenvalue weighted by atomic mass is 9.47. The number of carbonyl (C=O) groups excluding carboxylic acids is 1. The van der Waals surface area contributed by atoms with Crippen LogP contribution in [0.5, 0.6) is 0 Å². The number of carbonyl (C=O) groups is 1. The average Bonchev–Trinajstić information content (AvgIpc) is 3.23. The molecule has 8 unspecified atom stereocenters. The van der Waals surface area contributed by atoms with E-state index in [0.717, 1.165) is 41.4 Å². The number of hydrogen-bond acceptors (Lipinski definition) is 3. The van der Waals surface area contributed by atoms with Gasteiger partial charge in [-0.25, -0.2) is 0 Å². The fourth-order valence-corrected chi connectivity index (χ4v) is 8.90. The third-order valence-electron chi connectivity index (χ3n) is 11.7. The smallest absolute Gasteiger partial charge is 0.147 e. The molecule has 0 aromatic heterocycles. The Hall–Kier alpha value is -0.930. The summed E-state index contributed by atoms with van der Waals surface area (Å²) < 4.78 is 5.76. The van der Waals surface area contributed by atoms with Gasteiger partial charge in [-0.05, 0) is 104 Å². The Labute approximate surface area is 222 Å². The van der Waals surface area contributed by atoms with Crippen LogP contribution in [0.2, 0.25) is 0 Å². The molecule has 36 heavy (non-hydrogen) atoms. The van der Waals surface area contributed by atoms with Crippen LogP contribution in [0.15, 0.2) is 23.8 Å². The van der Waals surface area contributed by atoms with E-state index in [0.29, 0.717) is 23.2 Å². The lowest BCUT2D eigenvalue weighted by Crippen LogP contribution is -2.51. The largest absolute Gasteiger partial charge is 0.392 e.